The molecule has 4 nitrogen and oxygen atoms in total. The first-order chi connectivity index (χ1) is 9.03. The second-order valence-electron chi connectivity index (χ2n) is 6.83. The molecule has 108 valence electrons. The van der Waals surface area contributed by atoms with E-state index >= 15 is 0 Å². The first-order valence-electron chi connectivity index (χ1n) is 7.84. The number of rotatable bonds is 1. The van der Waals surface area contributed by atoms with Gasteiger partial charge in [0.15, 0.2) is 0 Å². The topological polar surface area (TPSA) is 35.6 Å². The average Bonchev–Trinajstić information content (AvgIpc) is 2.91. The van der Waals surface area contributed by atoms with Crippen LogP contribution in [0, 0.1) is 0 Å². The van der Waals surface area contributed by atoms with E-state index < -0.39 is 0 Å². The normalized spacial score (nSPS) is 39.4. The Morgan fingerprint density at radius 3 is 2.58 bits per heavy atom. The molecule has 3 rings (SSSR count). The molecule has 1 saturated carbocycles. The van der Waals surface area contributed by atoms with E-state index in [4.69, 9.17) is 0 Å². The van der Waals surface area contributed by atoms with Gasteiger partial charge in [-0.25, -0.2) is 0 Å². The van der Waals surface area contributed by atoms with Gasteiger partial charge in [0.1, 0.15) is 0 Å². The molecule has 0 aromatic rings. The highest BCUT2D eigenvalue weighted by Crippen LogP contribution is 2.38. The van der Waals surface area contributed by atoms with Gasteiger partial charge in [-0.05, 0) is 46.6 Å². The second kappa shape index (κ2) is 4.74. The molecule has 3 fully saturated rings. The average molecular weight is 265 g/mol. The number of amides is 1. The Balaban J connectivity index is 1.76. The first-order valence-corrected chi connectivity index (χ1v) is 7.84. The molecule has 2 saturated heterocycles. The minimum Gasteiger partial charge on any atom is -0.323 e. The maximum Gasteiger partial charge on any atom is 0.244 e. The van der Waals surface area contributed by atoms with E-state index in [9.17, 15) is 4.79 Å². The van der Waals surface area contributed by atoms with Crippen molar-refractivity contribution in [3.05, 3.63) is 0 Å². The fraction of sp³-hybridized carbons (Fsp3) is 0.933. The van der Waals surface area contributed by atoms with Crippen molar-refractivity contribution >= 4 is 5.91 Å². The van der Waals surface area contributed by atoms with Gasteiger partial charge in [-0.15, -0.1) is 0 Å². The summed E-state index contributed by atoms with van der Waals surface area (Å²) in [6, 6.07) is 1.01. The van der Waals surface area contributed by atoms with Crippen LogP contribution in [-0.2, 0) is 4.79 Å². The molecule has 0 radical (unpaired) electrons. The smallest absolute Gasteiger partial charge is 0.244 e. The van der Waals surface area contributed by atoms with Crippen LogP contribution in [0.25, 0.3) is 0 Å². The van der Waals surface area contributed by atoms with Crippen molar-refractivity contribution in [3.8, 4) is 0 Å². The summed E-state index contributed by atoms with van der Waals surface area (Å²) in [5, 5.41) is 3.62. The molecule has 2 heterocycles. The van der Waals surface area contributed by atoms with Crippen LogP contribution in [-0.4, -0.2) is 53.1 Å². The van der Waals surface area contributed by atoms with E-state index in [1.807, 2.05) is 0 Å². The molecule has 19 heavy (non-hydrogen) atoms. The van der Waals surface area contributed by atoms with Crippen LogP contribution < -0.4 is 5.32 Å². The Kier molecular flexibility index (Phi) is 3.34. The summed E-state index contributed by atoms with van der Waals surface area (Å²) in [6.07, 6.45) is 6.92. The van der Waals surface area contributed by atoms with Gasteiger partial charge in [0.2, 0.25) is 5.91 Å². The van der Waals surface area contributed by atoms with Gasteiger partial charge in [0.25, 0.3) is 0 Å². The van der Waals surface area contributed by atoms with Crippen molar-refractivity contribution in [2.24, 2.45) is 0 Å². The lowest BCUT2D eigenvalue weighted by Crippen LogP contribution is -2.51. The molecule has 3 atom stereocenters. The monoisotopic (exact) mass is 265 g/mol. The first kappa shape index (κ1) is 13.4. The number of hydrogen-bond donors (Lipinski definition) is 1. The summed E-state index contributed by atoms with van der Waals surface area (Å²) in [5.41, 5.74) is -0.202. The molecule has 4 heteroatoms. The van der Waals surface area contributed by atoms with Gasteiger partial charge in [-0.1, -0.05) is 12.8 Å². The van der Waals surface area contributed by atoms with E-state index in [1.165, 1.54) is 12.8 Å². The Morgan fingerprint density at radius 1 is 1.26 bits per heavy atom. The van der Waals surface area contributed by atoms with E-state index in [2.05, 4.69) is 36.0 Å². The van der Waals surface area contributed by atoms with Crippen molar-refractivity contribution in [2.45, 2.75) is 76.2 Å². The van der Waals surface area contributed by atoms with Crippen LogP contribution in [0.3, 0.4) is 0 Å². The van der Waals surface area contributed by atoms with Crippen molar-refractivity contribution in [3.63, 3.8) is 0 Å². The Hall–Kier alpha value is -0.610. The molecule has 0 aromatic carbocycles. The number of nitrogens with zero attached hydrogens (tertiary/aromatic N) is 2. The van der Waals surface area contributed by atoms with Crippen molar-refractivity contribution < 1.29 is 4.79 Å². The van der Waals surface area contributed by atoms with Gasteiger partial charge >= 0.3 is 0 Å². The highest BCUT2D eigenvalue weighted by atomic mass is 16.2. The number of piperidine rings is 1. The molecule has 2 aliphatic heterocycles. The van der Waals surface area contributed by atoms with Crippen LogP contribution in [0.4, 0.5) is 0 Å². The Labute approximate surface area is 116 Å². The third-order valence-electron chi connectivity index (χ3n) is 5.58. The zero-order valence-corrected chi connectivity index (χ0v) is 12.5. The lowest BCUT2D eigenvalue weighted by atomic mass is 9.94. The molecule has 3 aliphatic rings. The zero-order valence-electron chi connectivity index (χ0n) is 12.5. The fourth-order valence-electron chi connectivity index (χ4n) is 4.29. The third kappa shape index (κ3) is 2.09. The van der Waals surface area contributed by atoms with Crippen molar-refractivity contribution in [2.75, 3.05) is 13.6 Å². The lowest BCUT2D eigenvalue weighted by Gasteiger charge is -2.40. The van der Waals surface area contributed by atoms with Crippen molar-refractivity contribution in [1.82, 2.24) is 15.1 Å². The summed E-state index contributed by atoms with van der Waals surface area (Å²) in [4.78, 5) is 17.5. The second-order valence-corrected chi connectivity index (χ2v) is 6.83. The van der Waals surface area contributed by atoms with Gasteiger partial charge < -0.3 is 9.80 Å². The van der Waals surface area contributed by atoms with E-state index in [0.717, 1.165) is 32.2 Å². The van der Waals surface area contributed by atoms with E-state index in [1.54, 1.807) is 0 Å². The number of nitrogens with one attached hydrogen (secondary N) is 1. The van der Waals surface area contributed by atoms with Crippen LogP contribution in [0.1, 0.15) is 52.4 Å². The largest absolute Gasteiger partial charge is 0.323 e. The minimum absolute atomic E-state index is 0.202. The van der Waals surface area contributed by atoms with Crippen LogP contribution in [0.15, 0.2) is 0 Å². The zero-order chi connectivity index (χ0) is 13.6. The molecular formula is C15H27N3O. The minimum atomic E-state index is -0.202. The van der Waals surface area contributed by atoms with Crippen LogP contribution in [0.5, 0.6) is 0 Å². The number of carbonyl (C=O) groups excluding carboxylic acids is 1. The molecular weight excluding hydrogens is 238 g/mol. The molecule has 1 spiro atoms. The van der Waals surface area contributed by atoms with Crippen LogP contribution in [0.2, 0.25) is 0 Å². The van der Waals surface area contributed by atoms with Crippen molar-refractivity contribution in [1.29, 1.82) is 0 Å². The molecule has 0 bridgehead atoms. The summed E-state index contributed by atoms with van der Waals surface area (Å²) < 4.78 is 0. The predicted molar refractivity (Wildman–Crippen MR) is 75.8 cm³/mol. The highest BCUT2D eigenvalue weighted by molar-refractivity contribution is 5.89. The third-order valence-corrected chi connectivity index (χ3v) is 5.58. The SMILES string of the molecule is CC1CC(N2C(=O)C3(CCCC3)NC2C)CCN1C. The quantitative estimate of drug-likeness (QED) is 0.781. The molecule has 3 unspecified atom stereocenters. The van der Waals surface area contributed by atoms with Gasteiger partial charge in [-0.2, -0.15) is 0 Å². The molecule has 1 aliphatic carbocycles. The fourth-order valence-corrected chi connectivity index (χ4v) is 4.29. The maximum atomic E-state index is 12.9. The molecule has 1 amide bonds. The molecule has 1 N–H and O–H groups in total. The summed E-state index contributed by atoms with van der Waals surface area (Å²) in [6.45, 7) is 5.54. The standard InChI is InChI=1S/C15H27N3O/c1-11-10-13(6-9-17(11)3)18-12(2)16-15(14(18)19)7-4-5-8-15/h11-13,16H,4-10H2,1-3H3. The molecule has 0 aromatic heterocycles. The van der Waals surface area contributed by atoms with Gasteiger partial charge in [0, 0.05) is 18.6 Å². The summed E-state index contributed by atoms with van der Waals surface area (Å²) in [7, 11) is 2.19. The highest BCUT2D eigenvalue weighted by Gasteiger charge is 2.53. The number of likely N-dealkylation sites (tertiary alicyclic amines) is 1. The lowest BCUT2D eigenvalue weighted by molar-refractivity contribution is -0.136. The van der Waals surface area contributed by atoms with E-state index in [-0.39, 0.29) is 11.7 Å². The summed E-state index contributed by atoms with van der Waals surface area (Å²) in [5.74, 6) is 0.388. The Morgan fingerprint density at radius 2 is 1.95 bits per heavy atom. The number of carbonyl (C=O) groups is 1. The maximum absolute atomic E-state index is 12.9. The Bertz CT molecular complexity index is 364. The van der Waals surface area contributed by atoms with Gasteiger partial charge in [-0.3, -0.25) is 10.1 Å². The predicted octanol–water partition coefficient (Wildman–Crippen LogP) is 1.56. The van der Waals surface area contributed by atoms with E-state index in [0.29, 0.717) is 18.0 Å². The number of hydrogen-bond acceptors (Lipinski definition) is 3. The van der Waals surface area contributed by atoms with Gasteiger partial charge in [0.05, 0.1) is 11.7 Å². The van der Waals surface area contributed by atoms with Crippen LogP contribution >= 0.6 is 0 Å². The summed E-state index contributed by atoms with van der Waals surface area (Å²) >= 11 is 0.